The number of rotatable bonds is 2. The van der Waals surface area contributed by atoms with Gasteiger partial charge < -0.3 is 10.1 Å². The summed E-state index contributed by atoms with van der Waals surface area (Å²) < 4.78 is 0. The van der Waals surface area contributed by atoms with E-state index in [-0.39, 0.29) is 5.75 Å². The number of H-pyrrole nitrogens is 1. The van der Waals surface area contributed by atoms with E-state index in [1.165, 1.54) is 19.3 Å². The molecule has 0 saturated carbocycles. The maximum absolute atomic E-state index is 11.2. The van der Waals surface area contributed by atoms with Crippen molar-refractivity contribution in [3.05, 3.63) is 28.2 Å². The van der Waals surface area contributed by atoms with Crippen molar-refractivity contribution in [2.75, 3.05) is 13.1 Å². The van der Waals surface area contributed by atoms with Crippen LogP contribution in [0.15, 0.2) is 17.1 Å². The van der Waals surface area contributed by atoms with E-state index in [0.29, 0.717) is 6.54 Å². The number of nitrogens with one attached hydrogen (secondary N) is 1. The maximum Gasteiger partial charge on any atom is 0.290 e. The highest BCUT2D eigenvalue weighted by Gasteiger charge is 2.13. The fraction of sp³-hybridized carbons (Fsp3) is 0.545. The number of hydrogen-bond donors (Lipinski definition) is 2. The fourth-order valence-electron chi connectivity index (χ4n) is 2.00. The lowest BCUT2D eigenvalue weighted by Crippen LogP contribution is -2.29. The Morgan fingerprint density at radius 1 is 1.33 bits per heavy atom. The molecule has 0 radical (unpaired) electrons. The highest BCUT2D eigenvalue weighted by molar-refractivity contribution is 5.28. The number of pyridine rings is 1. The monoisotopic (exact) mass is 208 g/mol. The standard InChI is InChI=1S/C11H16N2O2/c14-10-9(4-5-12-11(10)15)8-13-6-2-1-3-7-13/h4-5,14H,1-3,6-8H2,(H,12,15). The van der Waals surface area contributed by atoms with Crippen LogP contribution in [0, 0.1) is 0 Å². The van der Waals surface area contributed by atoms with Crippen molar-refractivity contribution in [3.8, 4) is 5.75 Å². The number of likely N-dealkylation sites (tertiary alicyclic amines) is 1. The summed E-state index contributed by atoms with van der Waals surface area (Å²) in [5, 5.41) is 9.56. The lowest BCUT2D eigenvalue weighted by atomic mass is 10.1. The lowest BCUT2D eigenvalue weighted by Gasteiger charge is -2.26. The average molecular weight is 208 g/mol. The normalized spacial score (nSPS) is 17.9. The summed E-state index contributed by atoms with van der Waals surface area (Å²) in [6.07, 6.45) is 5.30. The predicted molar refractivity (Wildman–Crippen MR) is 57.9 cm³/mol. The van der Waals surface area contributed by atoms with E-state index in [0.717, 1.165) is 18.7 Å². The van der Waals surface area contributed by atoms with Crippen LogP contribution in [0.4, 0.5) is 0 Å². The Morgan fingerprint density at radius 2 is 2.07 bits per heavy atom. The predicted octanol–water partition coefficient (Wildman–Crippen LogP) is 1.07. The lowest BCUT2D eigenvalue weighted by molar-refractivity contribution is 0.218. The molecule has 15 heavy (non-hydrogen) atoms. The van der Waals surface area contributed by atoms with Gasteiger partial charge in [-0.05, 0) is 32.0 Å². The zero-order valence-corrected chi connectivity index (χ0v) is 8.70. The van der Waals surface area contributed by atoms with Gasteiger partial charge in [0.25, 0.3) is 5.56 Å². The van der Waals surface area contributed by atoms with Gasteiger partial charge in [0, 0.05) is 18.3 Å². The Labute approximate surface area is 88.6 Å². The summed E-state index contributed by atoms with van der Waals surface area (Å²) in [4.78, 5) is 15.9. The molecule has 2 N–H and O–H groups in total. The molecule has 4 heteroatoms. The molecule has 4 nitrogen and oxygen atoms in total. The van der Waals surface area contributed by atoms with Crippen LogP contribution in [0.1, 0.15) is 24.8 Å². The topological polar surface area (TPSA) is 56.3 Å². The number of aromatic amines is 1. The average Bonchev–Trinajstić information content (AvgIpc) is 2.26. The Hall–Kier alpha value is -1.29. The van der Waals surface area contributed by atoms with Crippen LogP contribution in [0.3, 0.4) is 0 Å². The molecule has 0 bridgehead atoms. The van der Waals surface area contributed by atoms with Crippen molar-refractivity contribution in [1.29, 1.82) is 0 Å². The van der Waals surface area contributed by atoms with E-state index in [4.69, 9.17) is 0 Å². The highest BCUT2D eigenvalue weighted by Crippen LogP contribution is 2.16. The minimum absolute atomic E-state index is 0.136. The van der Waals surface area contributed by atoms with E-state index >= 15 is 0 Å². The van der Waals surface area contributed by atoms with Crippen LogP contribution in [0.5, 0.6) is 5.75 Å². The minimum Gasteiger partial charge on any atom is -0.503 e. The van der Waals surface area contributed by atoms with Crippen molar-refractivity contribution < 1.29 is 5.11 Å². The molecule has 0 aromatic carbocycles. The van der Waals surface area contributed by atoms with Crippen LogP contribution in [0.25, 0.3) is 0 Å². The van der Waals surface area contributed by atoms with Gasteiger partial charge in [0.15, 0.2) is 5.75 Å². The van der Waals surface area contributed by atoms with Gasteiger partial charge in [-0.3, -0.25) is 9.69 Å². The first-order valence-corrected chi connectivity index (χ1v) is 5.39. The third-order valence-corrected chi connectivity index (χ3v) is 2.86. The second kappa shape index (κ2) is 4.49. The number of piperidine rings is 1. The van der Waals surface area contributed by atoms with Gasteiger partial charge in [-0.2, -0.15) is 0 Å². The SMILES string of the molecule is O=c1[nH]ccc(CN2CCCCC2)c1O. The number of nitrogens with zero attached hydrogens (tertiary/aromatic N) is 1. The molecular weight excluding hydrogens is 192 g/mol. The summed E-state index contributed by atoms with van der Waals surface area (Å²) >= 11 is 0. The number of aromatic hydroxyl groups is 1. The molecule has 0 aliphatic carbocycles. The van der Waals surface area contributed by atoms with E-state index in [1.807, 2.05) is 0 Å². The van der Waals surface area contributed by atoms with Crippen molar-refractivity contribution >= 4 is 0 Å². The first kappa shape index (κ1) is 10.2. The maximum atomic E-state index is 11.2. The van der Waals surface area contributed by atoms with Crippen molar-refractivity contribution in [2.24, 2.45) is 0 Å². The molecule has 1 aliphatic rings. The van der Waals surface area contributed by atoms with Gasteiger partial charge in [0.2, 0.25) is 0 Å². The molecule has 1 aliphatic heterocycles. The molecule has 82 valence electrons. The second-order valence-electron chi connectivity index (χ2n) is 4.02. The second-order valence-corrected chi connectivity index (χ2v) is 4.02. The Kier molecular flexibility index (Phi) is 3.06. The number of hydrogen-bond acceptors (Lipinski definition) is 3. The summed E-state index contributed by atoms with van der Waals surface area (Å²) in [6.45, 7) is 2.80. The largest absolute Gasteiger partial charge is 0.503 e. The molecule has 1 aromatic heterocycles. The molecule has 2 rings (SSSR count). The van der Waals surface area contributed by atoms with Crippen molar-refractivity contribution in [2.45, 2.75) is 25.8 Å². The first-order chi connectivity index (χ1) is 7.27. The molecule has 0 atom stereocenters. The molecule has 0 spiro atoms. The smallest absolute Gasteiger partial charge is 0.290 e. The van der Waals surface area contributed by atoms with Crippen molar-refractivity contribution in [1.82, 2.24) is 9.88 Å². The zero-order valence-electron chi connectivity index (χ0n) is 8.70. The van der Waals surface area contributed by atoms with Crippen LogP contribution in [-0.2, 0) is 6.54 Å². The summed E-state index contributed by atoms with van der Waals surface area (Å²) in [6, 6.07) is 1.77. The Balaban J connectivity index is 2.09. The molecule has 2 heterocycles. The third kappa shape index (κ3) is 2.39. The van der Waals surface area contributed by atoms with Crippen LogP contribution in [-0.4, -0.2) is 28.1 Å². The summed E-state index contributed by atoms with van der Waals surface area (Å²) in [5.74, 6) is -0.136. The van der Waals surface area contributed by atoms with Crippen LogP contribution in [0.2, 0.25) is 0 Å². The molecular formula is C11H16N2O2. The van der Waals surface area contributed by atoms with Gasteiger partial charge in [-0.25, -0.2) is 0 Å². The van der Waals surface area contributed by atoms with E-state index in [1.54, 1.807) is 12.3 Å². The Morgan fingerprint density at radius 3 is 2.80 bits per heavy atom. The molecule has 1 fully saturated rings. The third-order valence-electron chi connectivity index (χ3n) is 2.86. The summed E-state index contributed by atoms with van der Waals surface area (Å²) in [7, 11) is 0. The molecule has 1 aromatic rings. The van der Waals surface area contributed by atoms with Crippen molar-refractivity contribution in [3.63, 3.8) is 0 Å². The van der Waals surface area contributed by atoms with Gasteiger partial charge >= 0.3 is 0 Å². The molecule has 0 amide bonds. The number of aromatic nitrogens is 1. The van der Waals surface area contributed by atoms with E-state index in [9.17, 15) is 9.90 Å². The highest BCUT2D eigenvalue weighted by atomic mass is 16.3. The molecule has 1 saturated heterocycles. The zero-order chi connectivity index (χ0) is 10.7. The van der Waals surface area contributed by atoms with Gasteiger partial charge in [0.05, 0.1) is 0 Å². The van der Waals surface area contributed by atoms with Crippen LogP contribution >= 0.6 is 0 Å². The Bertz CT molecular complexity index is 380. The summed E-state index contributed by atoms with van der Waals surface area (Å²) in [5.41, 5.74) is 0.324. The van der Waals surface area contributed by atoms with Gasteiger partial charge in [-0.1, -0.05) is 6.42 Å². The van der Waals surface area contributed by atoms with Gasteiger partial charge in [0.1, 0.15) is 0 Å². The minimum atomic E-state index is -0.399. The van der Waals surface area contributed by atoms with E-state index in [2.05, 4.69) is 9.88 Å². The first-order valence-electron chi connectivity index (χ1n) is 5.39. The molecule has 0 unspecified atom stereocenters. The van der Waals surface area contributed by atoms with Gasteiger partial charge in [-0.15, -0.1) is 0 Å². The van der Waals surface area contributed by atoms with E-state index < -0.39 is 5.56 Å². The fourth-order valence-corrected chi connectivity index (χ4v) is 2.00. The quantitative estimate of drug-likeness (QED) is 0.764. The van der Waals surface area contributed by atoms with Crippen LogP contribution < -0.4 is 5.56 Å².